The van der Waals surface area contributed by atoms with Crippen molar-refractivity contribution < 1.29 is 27.6 Å². The Morgan fingerprint density at radius 3 is 2.31 bits per heavy atom. The van der Waals surface area contributed by atoms with E-state index in [1.165, 1.54) is 23.1 Å². The second-order valence-electron chi connectivity index (χ2n) is 6.60. The number of rotatable bonds is 6. The first-order chi connectivity index (χ1) is 12.3. The molecule has 2 fully saturated rings. The highest BCUT2D eigenvalue weighted by Crippen LogP contribution is 2.35. The molecule has 1 heterocycles. The van der Waals surface area contributed by atoms with E-state index in [0.29, 0.717) is 0 Å². The van der Waals surface area contributed by atoms with Crippen LogP contribution in [0.1, 0.15) is 43.2 Å². The molecule has 0 radical (unpaired) electrons. The van der Waals surface area contributed by atoms with Crippen molar-refractivity contribution >= 4 is 17.7 Å². The molecule has 0 spiro atoms. The minimum Gasteiger partial charge on any atom is -0.335 e. The molecular formula is C18H19F3N2O3. The minimum absolute atomic E-state index is 0.0133. The van der Waals surface area contributed by atoms with Crippen LogP contribution in [0.2, 0.25) is 0 Å². The van der Waals surface area contributed by atoms with Crippen molar-refractivity contribution in [2.75, 3.05) is 6.54 Å². The average Bonchev–Trinajstić information content (AvgIpc) is 3.37. The molecule has 3 rings (SSSR count). The molecule has 2 aliphatic rings. The maximum atomic E-state index is 13.2. The van der Waals surface area contributed by atoms with Crippen LogP contribution < -0.4 is 0 Å². The van der Waals surface area contributed by atoms with Crippen LogP contribution in [0.5, 0.6) is 0 Å². The van der Waals surface area contributed by atoms with Crippen LogP contribution in [-0.4, -0.2) is 40.1 Å². The summed E-state index contributed by atoms with van der Waals surface area (Å²) in [4.78, 5) is 38.3. The van der Waals surface area contributed by atoms with Crippen LogP contribution in [0, 0.1) is 0 Å². The van der Waals surface area contributed by atoms with Gasteiger partial charge in [0.15, 0.2) is 0 Å². The summed E-state index contributed by atoms with van der Waals surface area (Å²) in [6.45, 7) is -0.137. The zero-order valence-electron chi connectivity index (χ0n) is 14.1. The topological polar surface area (TPSA) is 57.7 Å². The van der Waals surface area contributed by atoms with Gasteiger partial charge in [-0.15, -0.1) is 0 Å². The van der Waals surface area contributed by atoms with Crippen LogP contribution in [0.15, 0.2) is 24.3 Å². The highest BCUT2D eigenvalue weighted by Gasteiger charge is 2.37. The molecule has 0 atom stereocenters. The highest BCUT2D eigenvalue weighted by atomic mass is 19.4. The fourth-order valence-electron chi connectivity index (χ4n) is 3.15. The molecule has 1 saturated carbocycles. The van der Waals surface area contributed by atoms with E-state index in [9.17, 15) is 27.6 Å². The molecule has 3 amide bonds. The lowest BCUT2D eigenvalue weighted by Crippen LogP contribution is -2.37. The van der Waals surface area contributed by atoms with E-state index in [2.05, 4.69) is 0 Å². The number of alkyl halides is 3. The van der Waals surface area contributed by atoms with E-state index in [1.54, 1.807) is 0 Å². The van der Waals surface area contributed by atoms with Crippen molar-refractivity contribution in [1.82, 2.24) is 9.80 Å². The first-order valence-electron chi connectivity index (χ1n) is 8.55. The Morgan fingerprint density at radius 2 is 1.73 bits per heavy atom. The minimum atomic E-state index is -4.48. The zero-order valence-corrected chi connectivity index (χ0v) is 14.1. The second-order valence-corrected chi connectivity index (χ2v) is 6.60. The van der Waals surface area contributed by atoms with Crippen molar-refractivity contribution in [2.45, 2.75) is 50.9 Å². The number of likely N-dealkylation sites (tertiary alicyclic amines) is 1. The molecule has 26 heavy (non-hydrogen) atoms. The lowest BCUT2D eigenvalue weighted by Gasteiger charge is -2.25. The number of imide groups is 1. The SMILES string of the molecule is O=C1CCC(=O)N1CCC(=O)N(Cc1ccccc1C(F)(F)F)C1CC1. The average molecular weight is 368 g/mol. The Balaban J connectivity index is 1.69. The third kappa shape index (κ3) is 4.05. The first-order valence-corrected chi connectivity index (χ1v) is 8.55. The highest BCUT2D eigenvalue weighted by molar-refractivity contribution is 6.02. The number of benzene rings is 1. The van der Waals surface area contributed by atoms with Crippen LogP contribution in [0.4, 0.5) is 13.2 Å². The van der Waals surface area contributed by atoms with Gasteiger partial charge in [-0.05, 0) is 24.5 Å². The fraction of sp³-hybridized carbons (Fsp3) is 0.500. The summed E-state index contributed by atoms with van der Waals surface area (Å²) in [7, 11) is 0. The van der Waals surface area contributed by atoms with Crippen LogP contribution in [0.25, 0.3) is 0 Å². The fourth-order valence-corrected chi connectivity index (χ4v) is 3.15. The van der Waals surface area contributed by atoms with Gasteiger partial charge in [0.05, 0.1) is 5.56 Å². The largest absolute Gasteiger partial charge is 0.416 e. The van der Waals surface area contributed by atoms with E-state index >= 15 is 0 Å². The van der Waals surface area contributed by atoms with Gasteiger partial charge in [0, 0.05) is 38.4 Å². The third-order valence-electron chi connectivity index (χ3n) is 4.68. The number of halogens is 3. The summed E-state index contributed by atoms with van der Waals surface area (Å²) >= 11 is 0. The van der Waals surface area contributed by atoms with Gasteiger partial charge in [-0.2, -0.15) is 13.2 Å². The number of carbonyl (C=O) groups is 3. The van der Waals surface area contributed by atoms with Crippen molar-refractivity contribution in [3.8, 4) is 0 Å². The Labute approximate surface area is 148 Å². The van der Waals surface area contributed by atoms with Gasteiger partial charge in [0.1, 0.15) is 0 Å². The smallest absolute Gasteiger partial charge is 0.335 e. The van der Waals surface area contributed by atoms with Gasteiger partial charge in [-0.25, -0.2) is 0 Å². The molecule has 1 aromatic carbocycles. The van der Waals surface area contributed by atoms with Gasteiger partial charge >= 0.3 is 6.18 Å². The van der Waals surface area contributed by atoms with E-state index < -0.39 is 11.7 Å². The van der Waals surface area contributed by atoms with Crippen molar-refractivity contribution in [2.24, 2.45) is 0 Å². The predicted molar refractivity (Wildman–Crippen MR) is 85.6 cm³/mol. The van der Waals surface area contributed by atoms with Gasteiger partial charge < -0.3 is 4.90 Å². The maximum absolute atomic E-state index is 13.2. The number of hydrogen-bond acceptors (Lipinski definition) is 3. The molecule has 1 aromatic rings. The first kappa shape index (κ1) is 18.4. The number of hydrogen-bond donors (Lipinski definition) is 0. The molecule has 0 N–H and O–H groups in total. The molecule has 5 nitrogen and oxygen atoms in total. The lowest BCUT2D eigenvalue weighted by molar-refractivity contribution is -0.142. The zero-order chi connectivity index (χ0) is 18.9. The summed E-state index contributed by atoms with van der Waals surface area (Å²) in [5, 5.41) is 0. The Morgan fingerprint density at radius 1 is 1.12 bits per heavy atom. The van der Waals surface area contributed by atoms with Gasteiger partial charge in [0.25, 0.3) is 0 Å². The molecule has 1 aliphatic carbocycles. The maximum Gasteiger partial charge on any atom is 0.416 e. The number of nitrogens with zero attached hydrogens (tertiary/aromatic N) is 2. The second kappa shape index (κ2) is 7.09. The molecular weight excluding hydrogens is 349 g/mol. The van der Waals surface area contributed by atoms with E-state index in [1.807, 2.05) is 0 Å². The summed E-state index contributed by atoms with van der Waals surface area (Å²) < 4.78 is 39.5. The quantitative estimate of drug-likeness (QED) is 0.726. The summed E-state index contributed by atoms with van der Waals surface area (Å²) in [6.07, 6.45) is -2.74. The summed E-state index contributed by atoms with van der Waals surface area (Å²) in [6, 6.07) is 5.14. The van der Waals surface area contributed by atoms with Crippen LogP contribution in [0.3, 0.4) is 0 Å². The predicted octanol–water partition coefficient (Wildman–Crippen LogP) is 2.74. The molecule has 0 bridgehead atoms. The Hall–Kier alpha value is -2.38. The van der Waals surface area contributed by atoms with Crippen molar-refractivity contribution in [1.29, 1.82) is 0 Å². The van der Waals surface area contributed by atoms with E-state index in [4.69, 9.17) is 0 Å². The third-order valence-corrected chi connectivity index (χ3v) is 4.68. The summed E-state index contributed by atoms with van der Waals surface area (Å²) in [5.41, 5.74) is -0.697. The normalized spacial score (nSPS) is 17.7. The number of amides is 3. The Bertz CT molecular complexity index is 713. The molecule has 140 valence electrons. The monoisotopic (exact) mass is 368 g/mol. The molecule has 1 aliphatic heterocycles. The molecule has 8 heteroatoms. The van der Waals surface area contributed by atoms with Crippen LogP contribution >= 0.6 is 0 Å². The van der Waals surface area contributed by atoms with E-state index in [0.717, 1.165) is 23.8 Å². The molecule has 0 unspecified atom stereocenters. The number of carbonyl (C=O) groups excluding carboxylic acids is 3. The van der Waals surface area contributed by atoms with Crippen molar-refractivity contribution in [3.63, 3.8) is 0 Å². The van der Waals surface area contributed by atoms with Crippen molar-refractivity contribution in [3.05, 3.63) is 35.4 Å². The Kier molecular flexibility index (Phi) is 5.02. The standard InChI is InChI=1S/C18H19F3N2O3/c19-18(20,21)14-4-2-1-3-12(14)11-23(13-5-6-13)17(26)9-10-22-15(24)7-8-16(22)25/h1-4,13H,5-11H2. The van der Waals surface area contributed by atoms with Crippen LogP contribution in [-0.2, 0) is 27.1 Å². The molecule has 0 aromatic heterocycles. The van der Waals surface area contributed by atoms with Gasteiger partial charge in [-0.3, -0.25) is 19.3 Å². The summed E-state index contributed by atoms with van der Waals surface area (Å²) in [5.74, 6) is -0.941. The van der Waals surface area contributed by atoms with Gasteiger partial charge in [-0.1, -0.05) is 18.2 Å². The molecule has 1 saturated heterocycles. The van der Waals surface area contributed by atoms with Gasteiger partial charge in [0.2, 0.25) is 17.7 Å². The lowest BCUT2D eigenvalue weighted by atomic mass is 10.1. The van der Waals surface area contributed by atoms with E-state index in [-0.39, 0.29) is 61.7 Å².